The molecular formula is C70H42N2O2S2. The van der Waals surface area contributed by atoms with Crippen LogP contribution in [0.5, 0.6) is 0 Å². The fourth-order valence-electron chi connectivity index (χ4n) is 11.8. The maximum Gasteiger partial charge on any atom is 0.144 e. The summed E-state index contributed by atoms with van der Waals surface area (Å²) in [6, 6.07) is 91.9. The smallest absolute Gasteiger partial charge is 0.144 e. The van der Waals surface area contributed by atoms with Crippen LogP contribution in [0, 0.1) is 0 Å². The van der Waals surface area contributed by atoms with Crippen molar-refractivity contribution in [1.82, 2.24) is 0 Å². The van der Waals surface area contributed by atoms with E-state index in [2.05, 4.69) is 265 Å². The molecule has 0 amide bonds. The summed E-state index contributed by atoms with van der Waals surface area (Å²) in [5, 5.41) is 11.4. The Morgan fingerprint density at radius 1 is 0.250 bits per heavy atom. The number of thiophene rings is 2. The zero-order chi connectivity index (χ0) is 49.8. The quantitative estimate of drug-likeness (QED) is 0.152. The number of fused-ring (bicyclic) bond motifs is 15. The summed E-state index contributed by atoms with van der Waals surface area (Å²) in [7, 11) is 0. The molecule has 0 fully saturated rings. The SMILES string of the molecule is c1ccc(-c2cc3c4ccc(N(c5ccccc5)c5ccc6c(c5)sc5ccccc56)cc4oc3c3c(-c4ccccc4)cc4c5ccc(N(c6ccccc6)c6ccc7c(c6)sc6ccccc67)cc5oc4c23)cc1. The number of anilines is 6. The summed E-state index contributed by atoms with van der Waals surface area (Å²) in [5.74, 6) is 0. The summed E-state index contributed by atoms with van der Waals surface area (Å²) < 4.78 is 19.8. The summed E-state index contributed by atoms with van der Waals surface area (Å²) >= 11 is 3.67. The second-order valence-corrected chi connectivity index (χ2v) is 21.7. The third-order valence-electron chi connectivity index (χ3n) is 15.2. The van der Waals surface area contributed by atoms with Gasteiger partial charge in [0.05, 0.1) is 0 Å². The summed E-state index contributed by atoms with van der Waals surface area (Å²) in [4.78, 5) is 4.68. The van der Waals surface area contributed by atoms with Crippen LogP contribution in [0.2, 0.25) is 0 Å². The van der Waals surface area contributed by atoms with Crippen LogP contribution in [0.25, 0.3) is 117 Å². The van der Waals surface area contributed by atoms with Gasteiger partial charge in [-0.3, -0.25) is 0 Å². The zero-order valence-corrected chi connectivity index (χ0v) is 42.4. The average molecular weight is 1010 g/mol. The number of para-hydroxylation sites is 2. The van der Waals surface area contributed by atoms with E-state index in [0.717, 1.165) is 111 Å². The lowest BCUT2D eigenvalue weighted by atomic mass is 9.89. The second kappa shape index (κ2) is 17.0. The summed E-state index contributed by atoms with van der Waals surface area (Å²) in [6.07, 6.45) is 0. The highest BCUT2D eigenvalue weighted by atomic mass is 32.1. The first kappa shape index (κ1) is 43.0. The van der Waals surface area contributed by atoms with Crippen molar-refractivity contribution < 1.29 is 8.83 Å². The van der Waals surface area contributed by atoms with Gasteiger partial charge in [-0.1, -0.05) is 146 Å². The predicted molar refractivity (Wildman–Crippen MR) is 325 cm³/mol. The molecule has 0 aliphatic rings. The van der Waals surface area contributed by atoms with Gasteiger partial charge in [-0.05, 0) is 119 Å². The molecule has 12 aromatic carbocycles. The Bertz CT molecular complexity index is 4630. The lowest BCUT2D eigenvalue weighted by molar-refractivity contribution is 0.669. The topological polar surface area (TPSA) is 32.8 Å². The fourth-order valence-corrected chi connectivity index (χ4v) is 14.0. The monoisotopic (exact) mass is 1010 g/mol. The van der Waals surface area contributed by atoms with Crippen LogP contribution >= 0.6 is 22.7 Å². The number of furan rings is 2. The Kier molecular flexibility index (Phi) is 9.64. The first-order valence-electron chi connectivity index (χ1n) is 25.6. The maximum absolute atomic E-state index is 7.34. The zero-order valence-electron chi connectivity index (χ0n) is 40.8. The maximum atomic E-state index is 7.34. The molecule has 0 radical (unpaired) electrons. The van der Waals surface area contributed by atoms with E-state index in [1.54, 1.807) is 0 Å². The van der Waals surface area contributed by atoms with Crippen molar-refractivity contribution >= 4 is 152 Å². The highest BCUT2D eigenvalue weighted by Gasteiger charge is 2.26. The fraction of sp³-hybridized carbons (Fsp3) is 0. The molecule has 4 aromatic heterocycles. The minimum absolute atomic E-state index is 0.811. The van der Waals surface area contributed by atoms with Crippen LogP contribution in [-0.4, -0.2) is 0 Å². The van der Waals surface area contributed by atoms with E-state index in [9.17, 15) is 0 Å². The number of rotatable bonds is 8. The molecule has 0 spiro atoms. The minimum atomic E-state index is 0.811. The lowest BCUT2D eigenvalue weighted by Gasteiger charge is -2.25. The third kappa shape index (κ3) is 6.75. The molecule has 0 aliphatic carbocycles. The Morgan fingerprint density at radius 3 is 1.01 bits per heavy atom. The van der Waals surface area contributed by atoms with E-state index in [4.69, 9.17) is 8.83 Å². The first-order valence-corrected chi connectivity index (χ1v) is 27.3. The van der Waals surface area contributed by atoms with Crippen molar-refractivity contribution in [2.75, 3.05) is 9.80 Å². The third-order valence-corrected chi connectivity index (χ3v) is 17.5. The predicted octanol–water partition coefficient (Wildman–Crippen LogP) is 21.6. The molecule has 0 atom stereocenters. The van der Waals surface area contributed by atoms with Gasteiger partial charge in [0.15, 0.2) is 0 Å². The van der Waals surface area contributed by atoms with Crippen LogP contribution in [0.1, 0.15) is 0 Å². The van der Waals surface area contributed by atoms with Gasteiger partial charge in [0.2, 0.25) is 0 Å². The molecule has 4 nitrogen and oxygen atoms in total. The first-order chi connectivity index (χ1) is 37.7. The van der Waals surface area contributed by atoms with Gasteiger partial charge in [-0.2, -0.15) is 0 Å². The molecule has 16 rings (SSSR count). The van der Waals surface area contributed by atoms with Crippen molar-refractivity contribution in [3.63, 3.8) is 0 Å². The molecule has 4 heterocycles. The largest absolute Gasteiger partial charge is 0.455 e. The highest BCUT2D eigenvalue weighted by Crippen LogP contribution is 2.51. The molecule has 0 saturated heterocycles. The standard InChI is InChI=1S/C70H42N2O2S2/c1-5-17-43(18-6-1)57-41-59-51-33-29-47(71(45-21-9-3-10-22-45)49-31-35-55-53-25-13-15-27-63(53)75-65(55)39-49)37-61(51)74-70(59)68-58(44-19-7-2-8-20-44)42-60-52-34-30-48(38-62(52)73-69(60)67(57)68)72(46-23-11-4-12-24-46)50-32-36-56-54-26-14-16-28-64(54)76-66(56)40-50/h1-42H. The molecule has 0 bridgehead atoms. The van der Waals surface area contributed by atoms with E-state index < -0.39 is 0 Å². The van der Waals surface area contributed by atoms with Crippen LogP contribution in [0.15, 0.2) is 264 Å². The van der Waals surface area contributed by atoms with Crippen molar-refractivity contribution in [2.45, 2.75) is 0 Å². The van der Waals surface area contributed by atoms with Crippen molar-refractivity contribution in [3.05, 3.63) is 255 Å². The van der Waals surface area contributed by atoms with E-state index >= 15 is 0 Å². The van der Waals surface area contributed by atoms with Crippen molar-refractivity contribution in [3.8, 4) is 22.3 Å². The Morgan fingerprint density at radius 2 is 0.592 bits per heavy atom. The van der Waals surface area contributed by atoms with Gasteiger partial charge in [0, 0.05) is 119 Å². The molecule has 6 heteroatoms. The summed E-state index contributed by atoms with van der Waals surface area (Å²) in [5.41, 5.74) is 14.0. The number of nitrogens with zero attached hydrogens (tertiary/aromatic N) is 2. The van der Waals surface area contributed by atoms with Gasteiger partial charge in [0.25, 0.3) is 0 Å². The molecule has 16 aromatic rings. The average Bonchev–Trinajstić information content (AvgIpc) is 4.38. The van der Waals surface area contributed by atoms with Crippen molar-refractivity contribution in [1.29, 1.82) is 0 Å². The normalized spacial score (nSPS) is 11.9. The molecule has 0 unspecified atom stereocenters. The van der Waals surface area contributed by atoms with E-state index in [1.165, 1.54) is 40.3 Å². The minimum Gasteiger partial charge on any atom is -0.455 e. The van der Waals surface area contributed by atoms with Gasteiger partial charge in [0.1, 0.15) is 22.3 Å². The van der Waals surface area contributed by atoms with Gasteiger partial charge >= 0.3 is 0 Å². The van der Waals surface area contributed by atoms with Gasteiger partial charge < -0.3 is 18.6 Å². The van der Waals surface area contributed by atoms with E-state index in [0.29, 0.717) is 0 Å². The van der Waals surface area contributed by atoms with Gasteiger partial charge in [-0.15, -0.1) is 22.7 Å². The molecule has 0 aliphatic heterocycles. The van der Waals surface area contributed by atoms with Crippen LogP contribution < -0.4 is 9.80 Å². The molecule has 0 N–H and O–H groups in total. The Balaban J connectivity index is 0.928. The van der Waals surface area contributed by atoms with Crippen LogP contribution in [-0.2, 0) is 0 Å². The van der Waals surface area contributed by atoms with Crippen LogP contribution in [0.4, 0.5) is 34.1 Å². The van der Waals surface area contributed by atoms with Crippen molar-refractivity contribution in [2.24, 2.45) is 0 Å². The number of hydrogen-bond acceptors (Lipinski definition) is 6. The van der Waals surface area contributed by atoms with Gasteiger partial charge in [-0.25, -0.2) is 0 Å². The number of hydrogen-bond donors (Lipinski definition) is 0. The highest BCUT2D eigenvalue weighted by molar-refractivity contribution is 7.26. The van der Waals surface area contributed by atoms with Crippen LogP contribution in [0.3, 0.4) is 0 Å². The molecule has 0 saturated carbocycles. The van der Waals surface area contributed by atoms with E-state index in [1.807, 2.05) is 22.7 Å². The summed E-state index contributed by atoms with van der Waals surface area (Å²) in [6.45, 7) is 0. The molecular weight excluding hydrogens is 965 g/mol. The Labute approximate surface area is 444 Å². The second-order valence-electron chi connectivity index (χ2n) is 19.5. The Hall–Kier alpha value is -9.46. The molecule has 76 heavy (non-hydrogen) atoms. The van der Waals surface area contributed by atoms with E-state index in [-0.39, 0.29) is 0 Å². The number of benzene rings is 12. The molecule has 356 valence electrons. The lowest BCUT2D eigenvalue weighted by Crippen LogP contribution is -2.09.